The molecule has 2 aromatic carbocycles. The summed E-state index contributed by atoms with van der Waals surface area (Å²) in [5.41, 5.74) is 3.09. The Bertz CT molecular complexity index is 695. The Balaban J connectivity index is 1.97. The molecule has 0 aromatic heterocycles. The molecular weight excluding hydrogens is 315 g/mol. The van der Waals surface area contributed by atoms with Gasteiger partial charge >= 0.3 is 0 Å². The average Bonchev–Trinajstić information content (AvgIpc) is 2.49. The van der Waals surface area contributed by atoms with Crippen LogP contribution in [-0.4, -0.2) is 12.5 Å². The molecular formula is C18H20ClFN2O. The fraction of sp³-hybridized carbons (Fsp3) is 0.278. The molecule has 0 spiro atoms. The fourth-order valence-corrected chi connectivity index (χ4v) is 2.81. The van der Waals surface area contributed by atoms with Crippen molar-refractivity contribution in [2.24, 2.45) is 0 Å². The maximum atomic E-state index is 13.7. The highest BCUT2D eigenvalue weighted by Crippen LogP contribution is 2.27. The monoisotopic (exact) mass is 334 g/mol. The molecule has 5 heteroatoms. The van der Waals surface area contributed by atoms with Gasteiger partial charge in [0.15, 0.2) is 0 Å². The number of carbonyl (C=O) groups excluding carboxylic acids is 1. The van der Waals surface area contributed by atoms with Crippen molar-refractivity contribution in [3.63, 3.8) is 0 Å². The summed E-state index contributed by atoms with van der Waals surface area (Å²) in [4.78, 5) is 12.1. The van der Waals surface area contributed by atoms with E-state index >= 15 is 0 Å². The number of nitrogens with one attached hydrogen (secondary N) is 2. The SMILES string of the molecule is Cc1cc(C)c(NC(=O)CNC(C)c2ccccc2F)c(Cl)c1. The van der Waals surface area contributed by atoms with Gasteiger partial charge in [0.1, 0.15) is 5.82 Å². The van der Waals surface area contributed by atoms with Gasteiger partial charge in [-0.1, -0.05) is 35.9 Å². The predicted molar refractivity (Wildman–Crippen MR) is 92.4 cm³/mol. The molecule has 0 aliphatic rings. The van der Waals surface area contributed by atoms with Gasteiger partial charge in [0, 0.05) is 11.6 Å². The molecule has 0 aliphatic carbocycles. The van der Waals surface area contributed by atoms with Crippen LogP contribution in [0.1, 0.15) is 29.7 Å². The smallest absolute Gasteiger partial charge is 0.238 e. The first kappa shape index (κ1) is 17.4. The lowest BCUT2D eigenvalue weighted by atomic mass is 10.1. The lowest BCUT2D eigenvalue weighted by molar-refractivity contribution is -0.115. The number of benzene rings is 2. The molecule has 1 unspecified atom stereocenters. The minimum Gasteiger partial charge on any atom is -0.323 e. The van der Waals surface area contributed by atoms with E-state index in [9.17, 15) is 9.18 Å². The van der Waals surface area contributed by atoms with E-state index in [4.69, 9.17) is 11.6 Å². The highest BCUT2D eigenvalue weighted by molar-refractivity contribution is 6.34. The van der Waals surface area contributed by atoms with E-state index in [2.05, 4.69) is 10.6 Å². The zero-order chi connectivity index (χ0) is 17.0. The van der Waals surface area contributed by atoms with Gasteiger partial charge in [0.2, 0.25) is 5.91 Å². The molecule has 1 atom stereocenters. The van der Waals surface area contributed by atoms with Crippen LogP contribution in [0, 0.1) is 19.7 Å². The second kappa shape index (κ2) is 7.57. The number of hydrogen-bond donors (Lipinski definition) is 2. The van der Waals surface area contributed by atoms with E-state index in [1.807, 2.05) is 26.8 Å². The molecule has 0 saturated carbocycles. The number of carbonyl (C=O) groups is 1. The summed E-state index contributed by atoms with van der Waals surface area (Å²) in [6.07, 6.45) is 0. The molecule has 0 radical (unpaired) electrons. The zero-order valence-corrected chi connectivity index (χ0v) is 14.2. The Morgan fingerprint density at radius 1 is 1.26 bits per heavy atom. The predicted octanol–water partition coefficient (Wildman–Crippen LogP) is 4.39. The summed E-state index contributed by atoms with van der Waals surface area (Å²) in [5, 5.41) is 6.33. The van der Waals surface area contributed by atoms with Crippen LogP contribution in [0.3, 0.4) is 0 Å². The Morgan fingerprint density at radius 3 is 2.61 bits per heavy atom. The molecule has 0 heterocycles. The summed E-state index contributed by atoms with van der Waals surface area (Å²) >= 11 is 6.17. The van der Waals surface area contributed by atoms with Gasteiger partial charge in [-0.2, -0.15) is 0 Å². The summed E-state index contributed by atoms with van der Waals surface area (Å²) in [5.74, 6) is -0.507. The van der Waals surface area contributed by atoms with Crippen LogP contribution < -0.4 is 10.6 Å². The lowest BCUT2D eigenvalue weighted by Crippen LogP contribution is -2.30. The van der Waals surface area contributed by atoms with Crippen LogP contribution in [-0.2, 0) is 4.79 Å². The van der Waals surface area contributed by atoms with Crippen LogP contribution >= 0.6 is 11.6 Å². The van der Waals surface area contributed by atoms with Crippen LogP contribution in [0.5, 0.6) is 0 Å². The average molecular weight is 335 g/mol. The van der Waals surface area contributed by atoms with Crippen molar-refractivity contribution >= 4 is 23.2 Å². The lowest BCUT2D eigenvalue weighted by Gasteiger charge is -2.16. The topological polar surface area (TPSA) is 41.1 Å². The Kier molecular flexibility index (Phi) is 5.74. The Labute approximate surface area is 140 Å². The molecule has 3 nitrogen and oxygen atoms in total. The number of rotatable bonds is 5. The maximum absolute atomic E-state index is 13.7. The van der Waals surface area contributed by atoms with Crippen molar-refractivity contribution in [2.45, 2.75) is 26.8 Å². The number of hydrogen-bond acceptors (Lipinski definition) is 2. The van der Waals surface area contributed by atoms with Crippen molar-refractivity contribution in [2.75, 3.05) is 11.9 Å². The number of halogens is 2. The third-order valence-electron chi connectivity index (χ3n) is 3.64. The number of aryl methyl sites for hydroxylation is 2. The molecule has 2 rings (SSSR count). The van der Waals surface area contributed by atoms with Crippen molar-refractivity contribution in [1.82, 2.24) is 5.32 Å². The number of anilines is 1. The van der Waals surface area contributed by atoms with Crippen LogP contribution in [0.15, 0.2) is 36.4 Å². The van der Waals surface area contributed by atoms with E-state index in [1.165, 1.54) is 6.07 Å². The van der Waals surface area contributed by atoms with E-state index < -0.39 is 0 Å². The van der Waals surface area contributed by atoms with Gasteiger partial charge in [0.05, 0.1) is 17.3 Å². The fourth-order valence-electron chi connectivity index (χ4n) is 2.44. The standard InChI is InChI=1S/C18H20ClFN2O/c1-11-8-12(2)18(15(19)9-11)22-17(23)10-21-13(3)14-6-4-5-7-16(14)20/h4-9,13,21H,10H2,1-3H3,(H,22,23). The Morgan fingerprint density at radius 2 is 1.96 bits per heavy atom. The summed E-state index contributed by atoms with van der Waals surface area (Å²) in [6.45, 7) is 5.72. The van der Waals surface area contributed by atoms with E-state index in [0.29, 0.717) is 16.3 Å². The largest absolute Gasteiger partial charge is 0.323 e. The van der Waals surface area contributed by atoms with Gasteiger partial charge in [-0.15, -0.1) is 0 Å². The molecule has 1 amide bonds. The van der Waals surface area contributed by atoms with E-state index in [-0.39, 0.29) is 24.3 Å². The van der Waals surface area contributed by atoms with Gasteiger partial charge in [-0.05, 0) is 44.0 Å². The molecule has 122 valence electrons. The quantitative estimate of drug-likeness (QED) is 0.851. The van der Waals surface area contributed by atoms with Crippen molar-refractivity contribution in [1.29, 1.82) is 0 Å². The zero-order valence-electron chi connectivity index (χ0n) is 13.4. The summed E-state index contributed by atoms with van der Waals surface area (Å²) in [6, 6.07) is 10.0. The van der Waals surface area contributed by atoms with Gasteiger partial charge in [-0.25, -0.2) is 4.39 Å². The van der Waals surface area contributed by atoms with Crippen LogP contribution in [0.25, 0.3) is 0 Å². The Hall–Kier alpha value is -1.91. The first-order chi connectivity index (χ1) is 10.9. The highest BCUT2D eigenvalue weighted by atomic mass is 35.5. The minimum absolute atomic E-state index is 0.0686. The molecule has 0 aliphatic heterocycles. The molecule has 2 N–H and O–H groups in total. The van der Waals surface area contributed by atoms with Crippen molar-refractivity contribution < 1.29 is 9.18 Å². The highest BCUT2D eigenvalue weighted by Gasteiger charge is 2.13. The van der Waals surface area contributed by atoms with E-state index in [0.717, 1.165) is 11.1 Å². The molecule has 0 fully saturated rings. The second-order valence-corrected chi connectivity index (χ2v) is 6.02. The molecule has 23 heavy (non-hydrogen) atoms. The third-order valence-corrected chi connectivity index (χ3v) is 3.93. The van der Waals surface area contributed by atoms with Crippen molar-refractivity contribution in [3.8, 4) is 0 Å². The summed E-state index contributed by atoms with van der Waals surface area (Å²) in [7, 11) is 0. The number of amides is 1. The van der Waals surface area contributed by atoms with E-state index in [1.54, 1.807) is 24.3 Å². The maximum Gasteiger partial charge on any atom is 0.238 e. The van der Waals surface area contributed by atoms with Gasteiger partial charge < -0.3 is 10.6 Å². The molecule has 0 bridgehead atoms. The molecule has 0 saturated heterocycles. The summed E-state index contributed by atoms with van der Waals surface area (Å²) < 4.78 is 13.7. The van der Waals surface area contributed by atoms with Crippen molar-refractivity contribution in [3.05, 3.63) is 63.9 Å². The minimum atomic E-state index is -0.287. The first-order valence-corrected chi connectivity index (χ1v) is 7.80. The molecule has 2 aromatic rings. The van der Waals surface area contributed by atoms with Crippen LogP contribution in [0.2, 0.25) is 5.02 Å². The third kappa shape index (κ3) is 4.53. The van der Waals surface area contributed by atoms with Gasteiger partial charge in [0.25, 0.3) is 0 Å². The normalized spacial score (nSPS) is 12.0. The first-order valence-electron chi connectivity index (χ1n) is 7.43. The van der Waals surface area contributed by atoms with Crippen LogP contribution in [0.4, 0.5) is 10.1 Å². The second-order valence-electron chi connectivity index (χ2n) is 5.61. The van der Waals surface area contributed by atoms with Gasteiger partial charge in [-0.3, -0.25) is 4.79 Å².